The Morgan fingerprint density at radius 2 is 1.80 bits per heavy atom. The van der Waals surface area contributed by atoms with Crippen molar-refractivity contribution in [3.63, 3.8) is 0 Å². The lowest BCUT2D eigenvalue weighted by Gasteiger charge is -2.38. The standard InChI is InChI=1S/C20H21N3O2/c1-22-20(24)18-12-23(13-18)11-16-6-8-19(9-7-16)25-14-17-4-2-15(10-21)3-5-17/h2-9,18H,11-14H2,1H3,(H,22,24). The van der Waals surface area contributed by atoms with Crippen molar-refractivity contribution >= 4 is 5.91 Å². The number of benzene rings is 2. The minimum atomic E-state index is 0.125. The molecule has 1 aliphatic rings. The summed E-state index contributed by atoms with van der Waals surface area (Å²) in [6, 6.07) is 17.5. The second-order valence-corrected chi connectivity index (χ2v) is 6.25. The smallest absolute Gasteiger partial charge is 0.225 e. The van der Waals surface area contributed by atoms with Gasteiger partial charge in [-0.3, -0.25) is 9.69 Å². The number of hydrogen-bond donors (Lipinski definition) is 1. The lowest BCUT2D eigenvalue weighted by Crippen LogP contribution is -2.52. The second kappa shape index (κ2) is 7.82. The fourth-order valence-electron chi connectivity index (χ4n) is 2.86. The largest absolute Gasteiger partial charge is 0.489 e. The van der Waals surface area contributed by atoms with Gasteiger partial charge in [0.2, 0.25) is 5.91 Å². The number of hydrogen-bond acceptors (Lipinski definition) is 4. The van der Waals surface area contributed by atoms with Crippen LogP contribution in [0.4, 0.5) is 0 Å². The van der Waals surface area contributed by atoms with Gasteiger partial charge in [0, 0.05) is 26.7 Å². The SMILES string of the molecule is CNC(=O)C1CN(Cc2ccc(OCc3ccc(C#N)cc3)cc2)C1. The zero-order valence-corrected chi connectivity index (χ0v) is 14.2. The summed E-state index contributed by atoms with van der Waals surface area (Å²) in [6.07, 6.45) is 0. The lowest BCUT2D eigenvalue weighted by molar-refractivity contribution is -0.129. The number of rotatable bonds is 6. The van der Waals surface area contributed by atoms with Gasteiger partial charge in [-0.15, -0.1) is 0 Å². The van der Waals surface area contributed by atoms with Gasteiger partial charge < -0.3 is 10.1 Å². The van der Waals surface area contributed by atoms with Gasteiger partial charge in [0.15, 0.2) is 0 Å². The van der Waals surface area contributed by atoms with Crippen LogP contribution in [0.1, 0.15) is 16.7 Å². The Hall–Kier alpha value is -2.84. The molecule has 1 amide bonds. The molecule has 1 N–H and O–H groups in total. The van der Waals surface area contributed by atoms with Crippen molar-refractivity contribution in [3.05, 3.63) is 65.2 Å². The van der Waals surface area contributed by atoms with Gasteiger partial charge in [-0.1, -0.05) is 24.3 Å². The van der Waals surface area contributed by atoms with E-state index in [-0.39, 0.29) is 11.8 Å². The average Bonchev–Trinajstić information content (AvgIpc) is 2.63. The second-order valence-electron chi connectivity index (χ2n) is 6.25. The molecule has 1 fully saturated rings. The molecule has 0 aliphatic carbocycles. The summed E-state index contributed by atoms with van der Waals surface area (Å²) >= 11 is 0. The molecule has 2 aromatic carbocycles. The Balaban J connectivity index is 1.46. The summed E-state index contributed by atoms with van der Waals surface area (Å²) in [5.41, 5.74) is 2.89. The molecule has 0 unspecified atom stereocenters. The molecule has 25 heavy (non-hydrogen) atoms. The van der Waals surface area contributed by atoms with Crippen molar-refractivity contribution in [2.75, 3.05) is 20.1 Å². The predicted molar refractivity (Wildman–Crippen MR) is 94.8 cm³/mol. The third kappa shape index (κ3) is 4.37. The summed E-state index contributed by atoms with van der Waals surface area (Å²) in [5.74, 6) is 1.07. The van der Waals surface area contributed by atoms with E-state index < -0.39 is 0 Å². The third-order valence-corrected chi connectivity index (χ3v) is 4.39. The predicted octanol–water partition coefficient (Wildman–Crippen LogP) is 2.32. The fraction of sp³-hybridized carbons (Fsp3) is 0.300. The summed E-state index contributed by atoms with van der Waals surface area (Å²) in [4.78, 5) is 13.7. The highest BCUT2D eigenvalue weighted by Gasteiger charge is 2.31. The summed E-state index contributed by atoms with van der Waals surface area (Å²) in [6.45, 7) is 2.96. The van der Waals surface area contributed by atoms with Crippen LogP contribution in [0.25, 0.3) is 0 Å². The molecule has 3 rings (SSSR count). The highest BCUT2D eigenvalue weighted by Crippen LogP contribution is 2.20. The number of amides is 1. The molecular weight excluding hydrogens is 314 g/mol. The maximum Gasteiger partial charge on any atom is 0.225 e. The lowest BCUT2D eigenvalue weighted by atomic mass is 9.98. The molecule has 5 heteroatoms. The number of likely N-dealkylation sites (tertiary alicyclic amines) is 1. The molecule has 0 atom stereocenters. The zero-order chi connectivity index (χ0) is 17.6. The average molecular weight is 335 g/mol. The van der Waals surface area contributed by atoms with Gasteiger partial charge in [0.1, 0.15) is 12.4 Å². The first-order valence-electron chi connectivity index (χ1n) is 8.32. The molecule has 2 aromatic rings. The molecule has 5 nitrogen and oxygen atoms in total. The summed E-state index contributed by atoms with van der Waals surface area (Å²) in [7, 11) is 1.68. The number of nitrogens with zero attached hydrogens (tertiary/aromatic N) is 2. The monoisotopic (exact) mass is 335 g/mol. The summed E-state index contributed by atoms with van der Waals surface area (Å²) in [5, 5.41) is 11.5. The first kappa shape index (κ1) is 17.0. The number of ether oxygens (including phenoxy) is 1. The molecule has 0 spiro atoms. The number of nitrogens with one attached hydrogen (secondary N) is 1. The van der Waals surface area contributed by atoms with Crippen LogP contribution < -0.4 is 10.1 Å². The van der Waals surface area contributed by atoms with Crippen LogP contribution in [0, 0.1) is 17.2 Å². The van der Waals surface area contributed by atoms with Gasteiger partial charge in [-0.05, 0) is 35.4 Å². The van der Waals surface area contributed by atoms with E-state index in [0.29, 0.717) is 12.2 Å². The van der Waals surface area contributed by atoms with Crippen molar-refractivity contribution < 1.29 is 9.53 Å². The Labute approximate surface area is 147 Å². The van der Waals surface area contributed by atoms with E-state index in [1.807, 2.05) is 24.3 Å². The van der Waals surface area contributed by atoms with E-state index in [0.717, 1.165) is 30.9 Å². The van der Waals surface area contributed by atoms with E-state index in [1.54, 1.807) is 19.2 Å². The van der Waals surface area contributed by atoms with E-state index in [1.165, 1.54) is 5.56 Å². The minimum absolute atomic E-state index is 0.125. The zero-order valence-electron chi connectivity index (χ0n) is 14.2. The molecule has 1 heterocycles. The van der Waals surface area contributed by atoms with E-state index in [4.69, 9.17) is 10.00 Å². The van der Waals surface area contributed by atoms with Crippen molar-refractivity contribution in [3.8, 4) is 11.8 Å². The number of carbonyl (C=O) groups is 1. The molecule has 0 aromatic heterocycles. The Kier molecular flexibility index (Phi) is 5.32. The van der Waals surface area contributed by atoms with Crippen molar-refractivity contribution in [2.24, 2.45) is 5.92 Å². The van der Waals surface area contributed by atoms with Crippen LogP contribution in [0.3, 0.4) is 0 Å². The quantitative estimate of drug-likeness (QED) is 0.880. The van der Waals surface area contributed by atoms with E-state index >= 15 is 0 Å². The Morgan fingerprint density at radius 3 is 2.40 bits per heavy atom. The molecule has 1 aliphatic heterocycles. The topological polar surface area (TPSA) is 65.4 Å². The third-order valence-electron chi connectivity index (χ3n) is 4.39. The van der Waals surface area contributed by atoms with Gasteiger partial charge in [-0.25, -0.2) is 0 Å². The summed E-state index contributed by atoms with van der Waals surface area (Å²) < 4.78 is 5.78. The van der Waals surface area contributed by atoms with E-state index in [2.05, 4.69) is 28.4 Å². The molecule has 0 bridgehead atoms. The maximum atomic E-state index is 11.5. The van der Waals surface area contributed by atoms with Crippen LogP contribution in [0.15, 0.2) is 48.5 Å². The first-order chi connectivity index (χ1) is 12.2. The Morgan fingerprint density at radius 1 is 1.16 bits per heavy atom. The molecule has 0 radical (unpaired) electrons. The van der Waals surface area contributed by atoms with Crippen LogP contribution in [-0.2, 0) is 17.9 Å². The van der Waals surface area contributed by atoms with Gasteiger partial charge in [0.25, 0.3) is 0 Å². The van der Waals surface area contributed by atoms with Crippen LogP contribution in [0.5, 0.6) is 5.75 Å². The highest BCUT2D eigenvalue weighted by molar-refractivity contribution is 5.79. The van der Waals surface area contributed by atoms with E-state index in [9.17, 15) is 4.79 Å². The maximum absolute atomic E-state index is 11.5. The minimum Gasteiger partial charge on any atom is -0.489 e. The molecule has 128 valence electrons. The normalized spacial score (nSPS) is 14.4. The van der Waals surface area contributed by atoms with Crippen molar-refractivity contribution in [1.82, 2.24) is 10.2 Å². The fourth-order valence-corrected chi connectivity index (χ4v) is 2.86. The Bertz CT molecular complexity index is 757. The van der Waals surface area contributed by atoms with Gasteiger partial charge in [-0.2, -0.15) is 5.26 Å². The van der Waals surface area contributed by atoms with Crippen molar-refractivity contribution in [2.45, 2.75) is 13.2 Å². The number of nitriles is 1. The van der Waals surface area contributed by atoms with Gasteiger partial charge >= 0.3 is 0 Å². The number of carbonyl (C=O) groups excluding carboxylic acids is 1. The highest BCUT2D eigenvalue weighted by atomic mass is 16.5. The van der Waals surface area contributed by atoms with Crippen LogP contribution in [-0.4, -0.2) is 30.9 Å². The molecule has 1 saturated heterocycles. The first-order valence-corrected chi connectivity index (χ1v) is 8.32. The van der Waals surface area contributed by atoms with Crippen molar-refractivity contribution in [1.29, 1.82) is 5.26 Å². The molecular formula is C20H21N3O2. The van der Waals surface area contributed by atoms with Gasteiger partial charge in [0.05, 0.1) is 17.6 Å². The van der Waals surface area contributed by atoms with Crippen LogP contribution >= 0.6 is 0 Å². The molecule has 0 saturated carbocycles. The van der Waals surface area contributed by atoms with Crippen LogP contribution in [0.2, 0.25) is 0 Å².